The van der Waals surface area contributed by atoms with E-state index in [9.17, 15) is 5.11 Å². The van der Waals surface area contributed by atoms with Crippen LogP contribution in [0, 0.1) is 5.41 Å². The van der Waals surface area contributed by atoms with E-state index < -0.39 is 6.10 Å². The molecule has 0 aliphatic heterocycles. The van der Waals surface area contributed by atoms with E-state index in [1.54, 1.807) is 11.3 Å². The van der Waals surface area contributed by atoms with Crippen LogP contribution < -0.4 is 0 Å². The van der Waals surface area contributed by atoms with Gasteiger partial charge in [-0.25, -0.2) is 4.98 Å². The Balaban J connectivity index is 2.83. The summed E-state index contributed by atoms with van der Waals surface area (Å²) >= 11 is 1.61. The Morgan fingerprint density at radius 2 is 2.15 bits per heavy atom. The molecule has 0 radical (unpaired) electrons. The van der Waals surface area contributed by atoms with Crippen LogP contribution in [-0.2, 0) is 6.42 Å². The summed E-state index contributed by atoms with van der Waals surface area (Å²) in [7, 11) is 0. The number of hydrogen-bond donors (Lipinski definition) is 1. The lowest BCUT2D eigenvalue weighted by Crippen LogP contribution is -2.17. The minimum absolute atomic E-state index is 0.122. The van der Waals surface area contributed by atoms with Crippen molar-refractivity contribution in [1.29, 1.82) is 0 Å². The van der Waals surface area contributed by atoms with E-state index in [-0.39, 0.29) is 5.41 Å². The number of hydrogen-bond acceptors (Lipinski definition) is 3. The highest BCUT2D eigenvalue weighted by Gasteiger charge is 2.26. The number of aliphatic hydroxyl groups is 1. The Morgan fingerprint density at radius 3 is 2.54 bits per heavy atom. The fourth-order valence-corrected chi connectivity index (χ4v) is 2.07. The molecule has 2 nitrogen and oxygen atoms in total. The number of aryl methyl sites for hydroxylation is 1. The van der Waals surface area contributed by atoms with E-state index in [1.165, 1.54) is 4.88 Å². The van der Waals surface area contributed by atoms with Crippen molar-refractivity contribution in [3.63, 3.8) is 0 Å². The molecule has 0 fully saturated rings. The zero-order valence-corrected chi connectivity index (χ0v) is 9.48. The SMILES string of the molecule is CCc1cnc(C(O)C(C)(C)C)s1. The number of nitrogens with zero attached hydrogens (tertiary/aromatic N) is 1. The maximum absolute atomic E-state index is 9.91. The standard InChI is InChI=1S/C10H17NOS/c1-5-7-6-11-9(13-7)8(12)10(2,3)4/h6,8,12H,5H2,1-4H3. The van der Waals surface area contributed by atoms with E-state index in [0.29, 0.717) is 0 Å². The third kappa shape index (κ3) is 2.51. The lowest BCUT2D eigenvalue weighted by molar-refractivity contribution is 0.0624. The quantitative estimate of drug-likeness (QED) is 0.794. The first-order valence-corrected chi connectivity index (χ1v) is 5.39. The summed E-state index contributed by atoms with van der Waals surface area (Å²) in [5.74, 6) is 0. The van der Waals surface area contributed by atoms with Gasteiger partial charge in [0.1, 0.15) is 11.1 Å². The van der Waals surface area contributed by atoms with Crippen molar-refractivity contribution in [3.8, 4) is 0 Å². The average molecular weight is 199 g/mol. The summed E-state index contributed by atoms with van der Waals surface area (Å²) in [4.78, 5) is 5.46. The zero-order chi connectivity index (χ0) is 10.1. The molecule has 1 atom stereocenters. The van der Waals surface area contributed by atoms with Crippen molar-refractivity contribution < 1.29 is 5.11 Å². The number of rotatable bonds is 2. The van der Waals surface area contributed by atoms with Crippen LogP contribution in [0.4, 0.5) is 0 Å². The highest BCUT2D eigenvalue weighted by atomic mass is 32.1. The van der Waals surface area contributed by atoms with Crippen molar-refractivity contribution in [1.82, 2.24) is 4.98 Å². The van der Waals surface area contributed by atoms with Crippen molar-refractivity contribution in [3.05, 3.63) is 16.1 Å². The highest BCUT2D eigenvalue weighted by Crippen LogP contribution is 2.34. The van der Waals surface area contributed by atoms with Gasteiger partial charge in [-0.1, -0.05) is 27.7 Å². The topological polar surface area (TPSA) is 33.1 Å². The molecule has 1 aromatic rings. The van der Waals surface area contributed by atoms with Gasteiger partial charge in [0.2, 0.25) is 0 Å². The number of aromatic nitrogens is 1. The second kappa shape index (κ2) is 3.76. The van der Waals surface area contributed by atoms with Gasteiger partial charge in [-0.05, 0) is 11.8 Å². The van der Waals surface area contributed by atoms with Crippen LogP contribution in [0.2, 0.25) is 0 Å². The first kappa shape index (κ1) is 10.7. The highest BCUT2D eigenvalue weighted by molar-refractivity contribution is 7.11. The first-order valence-electron chi connectivity index (χ1n) is 4.57. The molecule has 3 heteroatoms. The first-order chi connectivity index (χ1) is 5.95. The minimum Gasteiger partial charge on any atom is -0.385 e. The third-order valence-corrected chi connectivity index (χ3v) is 3.17. The summed E-state index contributed by atoms with van der Waals surface area (Å²) in [5.41, 5.74) is -0.122. The van der Waals surface area contributed by atoms with Gasteiger partial charge in [-0.15, -0.1) is 11.3 Å². The maximum atomic E-state index is 9.91. The maximum Gasteiger partial charge on any atom is 0.122 e. The Morgan fingerprint density at radius 1 is 1.54 bits per heavy atom. The molecule has 1 rings (SSSR count). The lowest BCUT2D eigenvalue weighted by Gasteiger charge is -2.23. The van der Waals surface area contributed by atoms with Gasteiger partial charge in [0.15, 0.2) is 0 Å². The van der Waals surface area contributed by atoms with Crippen LogP contribution in [0.3, 0.4) is 0 Å². The molecule has 13 heavy (non-hydrogen) atoms. The fourth-order valence-electron chi connectivity index (χ4n) is 0.983. The van der Waals surface area contributed by atoms with Crippen molar-refractivity contribution in [2.24, 2.45) is 5.41 Å². The third-order valence-electron chi connectivity index (χ3n) is 1.97. The van der Waals surface area contributed by atoms with E-state index in [4.69, 9.17) is 0 Å². The molecule has 0 amide bonds. The van der Waals surface area contributed by atoms with E-state index in [1.807, 2.05) is 27.0 Å². The van der Waals surface area contributed by atoms with Crippen molar-refractivity contribution >= 4 is 11.3 Å². The van der Waals surface area contributed by atoms with Gasteiger partial charge in [0.05, 0.1) is 0 Å². The Kier molecular flexibility index (Phi) is 3.09. The van der Waals surface area contributed by atoms with Crippen LogP contribution in [0.1, 0.15) is 43.7 Å². The molecule has 1 N–H and O–H groups in total. The lowest BCUT2D eigenvalue weighted by atomic mass is 9.90. The summed E-state index contributed by atoms with van der Waals surface area (Å²) < 4.78 is 0. The molecule has 1 aromatic heterocycles. The summed E-state index contributed by atoms with van der Waals surface area (Å²) in [6, 6.07) is 0. The van der Waals surface area contributed by atoms with Crippen LogP contribution in [0.15, 0.2) is 6.20 Å². The van der Waals surface area contributed by atoms with Gasteiger partial charge in [-0.2, -0.15) is 0 Å². The van der Waals surface area contributed by atoms with E-state index >= 15 is 0 Å². The molecular formula is C10H17NOS. The molecule has 1 unspecified atom stereocenters. The fraction of sp³-hybridized carbons (Fsp3) is 0.700. The van der Waals surface area contributed by atoms with E-state index in [0.717, 1.165) is 11.4 Å². The second-order valence-corrected chi connectivity index (χ2v) is 5.43. The molecular weight excluding hydrogens is 182 g/mol. The van der Waals surface area contributed by atoms with Crippen molar-refractivity contribution in [2.45, 2.75) is 40.2 Å². The molecule has 0 saturated heterocycles. The number of thiazole rings is 1. The van der Waals surface area contributed by atoms with Crippen molar-refractivity contribution in [2.75, 3.05) is 0 Å². The van der Waals surface area contributed by atoms with Crippen LogP contribution in [0.5, 0.6) is 0 Å². The molecule has 0 aliphatic carbocycles. The van der Waals surface area contributed by atoms with Gasteiger partial charge < -0.3 is 5.11 Å². The van der Waals surface area contributed by atoms with Gasteiger partial charge in [-0.3, -0.25) is 0 Å². The average Bonchev–Trinajstić information content (AvgIpc) is 2.48. The molecule has 0 spiro atoms. The van der Waals surface area contributed by atoms with E-state index in [2.05, 4.69) is 11.9 Å². The summed E-state index contributed by atoms with van der Waals surface area (Å²) in [6.45, 7) is 8.15. The Bertz CT molecular complexity index is 275. The predicted octanol–water partition coefficient (Wildman–Crippen LogP) is 2.79. The summed E-state index contributed by atoms with van der Waals surface area (Å²) in [5, 5.41) is 10.8. The zero-order valence-electron chi connectivity index (χ0n) is 8.66. The monoisotopic (exact) mass is 199 g/mol. The smallest absolute Gasteiger partial charge is 0.122 e. The molecule has 0 aromatic carbocycles. The van der Waals surface area contributed by atoms with Crippen LogP contribution in [-0.4, -0.2) is 10.1 Å². The van der Waals surface area contributed by atoms with Crippen LogP contribution >= 0.6 is 11.3 Å². The summed E-state index contributed by atoms with van der Waals surface area (Å²) in [6.07, 6.45) is 2.40. The largest absolute Gasteiger partial charge is 0.385 e. The number of aliphatic hydroxyl groups excluding tert-OH is 1. The normalized spacial score (nSPS) is 14.5. The predicted molar refractivity (Wildman–Crippen MR) is 55.9 cm³/mol. The Hall–Kier alpha value is -0.410. The van der Waals surface area contributed by atoms with Gasteiger partial charge in [0.25, 0.3) is 0 Å². The minimum atomic E-state index is -0.446. The van der Waals surface area contributed by atoms with Gasteiger partial charge >= 0.3 is 0 Å². The van der Waals surface area contributed by atoms with Gasteiger partial charge in [0, 0.05) is 11.1 Å². The Labute approximate surface area is 83.6 Å². The molecule has 74 valence electrons. The molecule has 1 heterocycles. The second-order valence-electron chi connectivity index (χ2n) is 4.29. The van der Waals surface area contributed by atoms with Crippen LogP contribution in [0.25, 0.3) is 0 Å². The molecule has 0 bridgehead atoms. The molecule has 0 saturated carbocycles. The molecule has 0 aliphatic rings.